The van der Waals surface area contributed by atoms with E-state index in [1.807, 2.05) is 13.0 Å². The smallest absolute Gasteiger partial charge is 0.339 e. The first-order valence-corrected chi connectivity index (χ1v) is 12.6. The van der Waals surface area contributed by atoms with E-state index in [1.165, 1.54) is 19.2 Å². The summed E-state index contributed by atoms with van der Waals surface area (Å²) in [5.41, 5.74) is -1.93. The molecule has 6 rings (SSSR count). The number of carboxylic acid groups (broad SMARTS) is 1. The van der Waals surface area contributed by atoms with Crippen LogP contribution in [-0.2, 0) is 19.1 Å². The first-order chi connectivity index (χ1) is 17.0. The molecule has 7 nitrogen and oxygen atoms in total. The first-order valence-electron chi connectivity index (χ1n) is 12.6. The Balaban J connectivity index is 1.37. The van der Waals surface area contributed by atoms with Crippen LogP contribution in [0.1, 0.15) is 51.4 Å². The molecule has 5 aliphatic rings. The maximum Gasteiger partial charge on any atom is 0.339 e. The van der Waals surface area contributed by atoms with Crippen LogP contribution in [0.4, 0.5) is 4.39 Å². The number of allylic oxidation sites excluding steroid dienone is 4. The van der Waals surface area contributed by atoms with Crippen molar-refractivity contribution >= 4 is 11.8 Å². The summed E-state index contributed by atoms with van der Waals surface area (Å²) < 4.78 is 32.4. The Hall–Kier alpha value is -2.55. The van der Waals surface area contributed by atoms with Gasteiger partial charge in [-0.3, -0.25) is 4.79 Å². The molecule has 1 aromatic rings. The number of carbonyl (C=O) groups is 2. The summed E-state index contributed by atoms with van der Waals surface area (Å²) >= 11 is 0. The van der Waals surface area contributed by atoms with Crippen molar-refractivity contribution in [3.63, 3.8) is 0 Å². The number of aliphatic hydroxyl groups excluding tert-OH is 1. The number of benzene rings is 1. The van der Waals surface area contributed by atoms with Crippen LogP contribution in [0.15, 0.2) is 42.0 Å². The van der Waals surface area contributed by atoms with Crippen molar-refractivity contribution in [3.8, 4) is 5.75 Å². The molecule has 4 aliphatic carbocycles. The van der Waals surface area contributed by atoms with E-state index in [2.05, 4.69) is 6.92 Å². The fourth-order valence-corrected chi connectivity index (χ4v) is 8.40. The Morgan fingerprint density at radius 1 is 1.28 bits per heavy atom. The highest BCUT2D eigenvalue weighted by Gasteiger charge is 2.76. The molecule has 2 N–H and O–H groups in total. The second-order valence-electron chi connectivity index (χ2n) is 11.5. The normalized spacial score (nSPS) is 44.8. The third-order valence-electron chi connectivity index (χ3n) is 10.0. The number of hydrogen-bond donors (Lipinski definition) is 2. The van der Waals surface area contributed by atoms with Crippen LogP contribution < -0.4 is 4.74 Å². The van der Waals surface area contributed by atoms with Crippen LogP contribution in [0.25, 0.3) is 0 Å². The number of aliphatic carboxylic acids is 1. The second kappa shape index (κ2) is 7.73. The maximum absolute atomic E-state index is 14.9. The average molecular weight is 499 g/mol. The molecular weight excluding hydrogens is 467 g/mol. The Bertz CT molecular complexity index is 1210. The van der Waals surface area contributed by atoms with E-state index >= 15 is 0 Å². The summed E-state index contributed by atoms with van der Waals surface area (Å²) in [7, 11) is 1.44. The van der Waals surface area contributed by atoms with Crippen molar-refractivity contribution in [2.24, 2.45) is 28.6 Å². The molecule has 192 valence electrons. The van der Waals surface area contributed by atoms with E-state index in [4.69, 9.17) is 14.2 Å². The van der Waals surface area contributed by atoms with Gasteiger partial charge in [-0.15, -0.1) is 0 Å². The lowest BCUT2D eigenvalue weighted by atomic mass is 9.46. The summed E-state index contributed by atoms with van der Waals surface area (Å²) in [4.78, 5) is 25.0. The minimum Gasteiger partial charge on any atom is -0.497 e. The minimum atomic E-state index is -1.71. The molecule has 36 heavy (non-hydrogen) atoms. The number of hydrogen-bond acceptors (Lipinski definition) is 6. The molecule has 1 aromatic carbocycles. The molecule has 9 atom stereocenters. The molecule has 8 heteroatoms. The summed E-state index contributed by atoms with van der Waals surface area (Å²) in [5.74, 6) is -1.61. The highest BCUT2D eigenvalue weighted by atomic mass is 19.1. The van der Waals surface area contributed by atoms with Gasteiger partial charge in [0.15, 0.2) is 17.7 Å². The lowest BCUT2D eigenvalue weighted by Gasteiger charge is -2.59. The van der Waals surface area contributed by atoms with Gasteiger partial charge in [0.05, 0.1) is 13.2 Å². The SMILES string of the molecule is COc1ccc(C2O[C@@H]3C[C@H]4[C@@H]5CCC6=CC(=O)C=C[C@]6(C)[C@H]5[C@@H](O)C[C@]4(C)[C@]3(C(=O)O)O2)c(F)c1. The Labute approximate surface area is 208 Å². The Morgan fingerprint density at radius 2 is 2.06 bits per heavy atom. The number of ether oxygens (including phenoxy) is 3. The highest BCUT2D eigenvalue weighted by Crippen LogP contribution is 2.70. The van der Waals surface area contributed by atoms with Gasteiger partial charge in [-0.2, -0.15) is 0 Å². The number of ketones is 1. The third kappa shape index (κ3) is 2.89. The number of methoxy groups -OCH3 is 1. The maximum atomic E-state index is 14.9. The fourth-order valence-electron chi connectivity index (χ4n) is 8.40. The van der Waals surface area contributed by atoms with Crippen LogP contribution in [0.2, 0.25) is 0 Å². The van der Waals surface area contributed by atoms with Crippen molar-refractivity contribution in [3.05, 3.63) is 53.4 Å². The number of fused-ring (bicyclic) bond motifs is 7. The van der Waals surface area contributed by atoms with E-state index < -0.39 is 46.7 Å². The number of halogens is 1. The van der Waals surface area contributed by atoms with Crippen LogP contribution in [-0.4, -0.2) is 46.9 Å². The zero-order valence-corrected chi connectivity index (χ0v) is 20.6. The lowest BCUT2D eigenvalue weighted by molar-refractivity contribution is -0.211. The van der Waals surface area contributed by atoms with Crippen molar-refractivity contribution < 1.29 is 38.4 Å². The van der Waals surface area contributed by atoms with Gasteiger partial charge in [0, 0.05) is 28.4 Å². The molecule has 3 saturated carbocycles. The average Bonchev–Trinajstić information content (AvgIpc) is 3.32. The molecule has 0 spiro atoms. The van der Waals surface area contributed by atoms with E-state index in [1.54, 1.807) is 18.2 Å². The molecule has 4 fully saturated rings. The van der Waals surface area contributed by atoms with E-state index in [-0.39, 0.29) is 35.5 Å². The third-order valence-corrected chi connectivity index (χ3v) is 10.0. The standard InChI is InChI=1S/C28H31FO7/c1-26-9-8-15(30)10-14(26)4-6-17-19-12-22-28(25(32)33,27(19,2)13-21(31)23(17)26)36-24(35-22)18-7-5-16(34-3)11-20(18)29/h5,7-11,17,19,21-24,31H,4,6,12-13H2,1-3H3,(H,32,33)/t17-,19-,21-,22+,23+,24?,26-,27-,28-/m0/s1. The van der Waals surface area contributed by atoms with Crippen LogP contribution in [0.3, 0.4) is 0 Å². The van der Waals surface area contributed by atoms with Crippen molar-refractivity contribution in [2.45, 2.75) is 63.6 Å². The highest BCUT2D eigenvalue weighted by molar-refractivity contribution is 6.01. The molecule has 1 heterocycles. The van der Waals surface area contributed by atoms with Gasteiger partial charge in [-0.1, -0.05) is 25.5 Å². The van der Waals surface area contributed by atoms with Gasteiger partial charge >= 0.3 is 5.97 Å². The molecule has 1 saturated heterocycles. The Morgan fingerprint density at radius 3 is 2.75 bits per heavy atom. The van der Waals surface area contributed by atoms with Gasteiger partial charge < -0.3 is 24.4 Å². The topological polar surface area (TPSA) is 102 Å². The zero-order chi connectivity index (χ0) is 25.6. The molecule has 0 aromatic heterocycles. The largest absolute Gasteiger partial charge is 0.497 e. The van der Waals surface area contributed by atoms with E-state index in [0.29, 0.717) is 12.2 Å². The number of carbonyl (C=O) groups excluding carboxylic acids is 1. The van der Waals surface area contributed by atoms with Crippen LogP contribution in [0.5, 0.6) is 5.75 Å². The summed E-state index contributed by atoms with van der Waals surface area (Å²) in [6, 6.07) is 4.30. The number of carboxylic acids is 1. The molecule has 0 amide bonds. The summed E-state index contributed by atoms with van der Waals surface area (Å²) in [6.07, 6.45) is 4.59. The molecular formula is C28H31FO7. The quantitative estimate of drug-likeness (QED) is 0.650. The van der Waals surface area contributed by atoms with Gasteiger partial charge in [0.25, 0.3) is 0 Å². The second-order valence-corrected chi connectivity index (χ2v) is 11.5. The van der Waals surface area contributed by atoms with Crippen LogP contribution >= 0.6 is 0 Å². The molecule has 0 bridgehead atoms. The fraction of sp³-hybridized carbons (Fsp3) is 0.571. The van der Waals surface area contributed by atoms with Gasteiger partial charge in [-0.25, -0.2) is 9.18 Å². The predicted octanol–water partition coefficient (Wildman–Crippen LogP) is 3.96. The molecule has 0 radical (unpaired) electrons. The molecule has 1 aliphatic heterocycles. The number of rotatable bonds is 3. The first kappa shape index (κ1) is 23.8. The van der Waals surface area contributed by atoms with Crippen LogP contribution in [0, 0.1) is 34.4 Å². The van der Waals surface area contributed by atoms with Crippen molar-refractivity contribution in [2.75, 3.05) is 7.11 Å². The predicted molar refractivity (Wildman–Crippen MR) is 125 cm³/mol. The zero-order valence-electron chi connectivity index (χ0n) is 20.6. The van der Waals surface area contributed by atoms with Crippen molar-refractivity contribution in [1.29, 1.82) is 0 Å². The summed E-state index contributed by atoms with van der Waals surface area (Å²) in [5, 5.41) is 22.2. The Kier molecular flexibility index (Phi) is 5.11. The number of aliphatic hydroxyl groups is 1. The van der Waals surface area contributed by atoms with Gasteiger partial charge in [-0.05, 0) is 61.8 Å². The van der Waals surface area contributed by atoms with Gasteiger partial charge in [0.1, 0.15) is 17.7 Å². The minimum absolute atomic E-state index is 0.0314. The molecule has 1 unspecified atom stereocenters. The summed E-state index contributed by atoms with van der Waals surface area (Å²) in [6.45, 7) is 3.96. The van der Waals surface area contributed by atoms with Gasteiger partial charge in [0.2, 0.25) is 0 Å². The monoisotopic (exact) mass is 498 g/mol. The lowest BCUT2D eigenvalue weighted by Crippen LogP contribution is -2.63. The van der Waals surface area contributed by atoms with E-state index in [9.17, 15) is 24.2 Å². The van der Waals surface area contributed by atoms with Crippen molar-refractivity contribution in [1.82, 2.24) is 0 Å². The van der Waals surface area contributed by atoms with E-state index in [0.717, 1.165) is 18.4 Å².